The molecule has 0 aliphatic carbocycles. The number of hydrogen-bond acceptors (Lipinski definition) is 5. The van der Waals surface area contributed by atoms with E-state index in [1.165, 1.54) is 199 Å². The van der Waals surface area contributed by atoms with Crippen LogP contribution in [0.3, 0.4) is 0 Å². The third-order valence-corrected chi connectivity index (χ3v) is 11.5. The van der Waals surface area contributed by atoms with Crippen LogP contribution in [0.25, 0.3) is 0 Å². The number of carbonyl (C=O) groups excluding carboxylic acids is 2. The van der Waals surface area contributed by atoms with Crippen LogP contribution in [0.2, 0.25) is 0 Å². The van der Waals surface area contributed by atoms with Gasteiger partial charge in [0.2, 0.25) is 0 Å². The maximum atomic E-state index is 12.8. The van der Waals surface area contributed by atoms with Crippen molar-refractivity contribution in [2.75, 3.05) is 19.8 Å². The van der Waals surface area contributed by atoms with E-state index in [0.29, 0.717) is 19.4 Å². The van der Waals surface area contributed by atoms with Crippen LogP contribution in [0.1, 0.15) is 278 Å². The van der Waals surface area contributed by atoms with Gasteiger partial charge in [-0.2, -0.15) is 0 Å². The lowest BCUT2D eigenvalue weighted by molar-refractivity contribution is -0.163. The summed E-state index contributed by atoms with van der Waals surface area (Å²) in [6.07, 6.45) is 57.5. The summed E-state index contributed by atoms with van der Waals surface area (Å²) < 4.78 is 17.4. The van der Waals surface area contributed by atoms with Crippen LogP contribution in [0.5, 0.6) is 0 Å². The van der Waals surface area contributed by atoms with Gasteiger partial charge in [-0.05, 0) is 70.6 Å². The molecule has 0 aliphatic rings. The standard InChI is InChI=1S/C53H100O5/c1-4-7-10-13-16-19-22-24-26-27-29-30-32-34-37-40-43-46-52(54)57-50-51(49-56-48-45-42-39-36-21-18-15-12-9-6-3)58-53(55)47-44-41-38-35-33-31-28-25-23-20-17-14-11-8-5-2/h24-26,28,51H,4-23,27,29-50H2,1-3H3/b26-24-,28-25-. The Kier molecular flexibility index (Phi) is 48.4. The molecular weight excluding hydrogens is 717 g/mol. The normalized spacial score (nSPS) is 12.3. The van der Waals surface area contributed by atoms with Gasteiger partial charge < -0.3 is 14.2 Å². The predicted octanol–water partition coefficient (Wildman–Crippen LogP) is 17.2. The van der Waals surface area contributed by atoms with E-state index in [4.69, 9.17) is 14.2 Å². The highest BCUT2D eigenvalue weighted by Gasteiger charge is 2.17. The van der Waals surface area contributed by atoms with Crippen LogP contribution >= 0.6 is 0 Å². The number of ether oxygens (including phenoxy) is 3. The molecule has 0 radical (unpaired) electrons. The SMILES string of the molecule is CCCCCCCC/C=C\CCCCCCCCCC(=O)OCC(COCCCCCCCCCCCC)OC(=O)CCCCCCC/C=C\CCCCCCCC. The summed E-state index contributed by atoms with van der Waals surface area (Å²) in [7, 11) is 0. The van der Waals surface area contributed by atoms with E-state index in [-0.39, 0.29) is 25.2 Å². The van der Waals surface area contributed by atoms with Crippen LogP contribution in [0.15, 0.2) is 24.3 Å². The fraction of sp³-hybridized carbons (Fsp3) is 0.887. The lowest BCUT2D eigenvalue weighted by Gasteiger charge is -2.18. The van der Waals surface area contributed by atoms with Crippen molar-refractivity contribution in [2.45, 2.75) is 284 Å². The number of esters is 2. The van der Waals surface area contributed by atoms with Crippen LogP contribution in [-0.2, 0) is 23.8 Å². The molecule has 0 N–H and O–H groups in total. The molecule has 0 saturated carbocycles. The van der Waals surface area contributed by atoms with Gasteiger partial charge >= 0.3 is 11.9 Å². The summed E-state index contributed by atoms with van der Waals surface area (Å²) in [5.74, 6) is -0.397. The first-order chi connectivity index (χ1) is 28.6. The molecule has 0 aromatic carbocycles. The monoisotopic (exact) mass is 817 g/mol. The smallest absolute Gasteiger partial charge is 0.306 e. The van der Waals surface area contributed by atoms with E-state index in [2.05, 4.69) is 45.1 Å². The molecule has 0 aliphatic heterocycles. The van der Waals surface area contributed by atoms with Crippen molar-refractivity contribution < 1.29 is 23.8 Å². The van der Waals surface area contributed by atoms with Gasteiger partial charge in [-0.15, -0.1) is 0 Å². The zero-order valence-corrected chi connectivity index (χ0v) is 39.3. The van der Waals surface area contributed by atoms with Gasteiger partial charge in [-0.25, -0.2) is 0 Å². The summed E-state index contributed by atoms with van der Waals surface area (Å²) in [4.78, 5) is 25.3. The van der Waals surface area contributed by atoms with Crippen molar-refractivity contribution >= 4 is 11.9 Å². The van der Waals surface area contributed by atoms with E-state index in [0.717, 1.165) is 44.9 Å². The van der Waals surface area contributed by atoms with E-state index in [9.17, 15) is 9.59 Å². The van der Waals surface area contributed by atoms with Crippen LogP contribution in [0, 0.1) is 0 Å². The summed E-state index contributed by atoms with van der Waals surface area (Å²) in [6.45, 7) is 7.84. The first kappa shape index (κ1) is 56.4. The Morgan fingerprint density at radius 1 is 0.362 bits per heavy atom. The van der Waals surface area contributed by atoms with Gasteiger partial charge in [0.25, 0.3) is 0 Å². The second kappa shape index (κ2) is 49.7. The molecule has 0 heterocycles. The first-order valence-corrected chi connectivity index (χ1v) is 25.9. The lowest BCUT2D eigenvalue weighted by Crippen LogP contribution is -2.30. The maximum absolute atomic E-state index is 12.8. The molecule has 1 unspecified atom stereocenters. The van der Waals surface area contributed by atoms with E-state index in [1.54, 1.807) is 0 Å². The second-order valence-corrected chi connectivity index (χ2v) is 17.4. The zero-order chi connectivity index (χ0) is 42.1. The molecule has 0 spiro atoms. The molecule has 0 amide bonds. The van der Waals surface area contributed by atoms with Crippen LogP contribution in [0.4, 0.5) is 0 Å². The molecule has 0 bridgehead atoms. The number of hydrogen-bond donors (Lipinski definition) is 0. The summed E-state index contributed by atoms with van der Waals surface area (Å²) in [6, 6.07) is 0. The second-order valence-electron chi connectivity index (χ2n) is 17.4. The van der Waals surface area contributed by atoms with Crippen molar-refractivity contribution in [1.82, 2.24) is 0 Å². The van der Waals surface area contributed by atoms with Crippen LogP contribution < -0.4 is 0 Å². The highest BCUT2D eigenvalue weighted by atomic mass is 16.6. The zero-order valence-electron chi connectivity index (χ0n) is 39.3. The highest BCUT2D eigenvalue weighted by molar-refractivity contribution is 5.70. The van der Waals surface area contributed by atoms with Gasteiger partial charge in [0.1, 0.15) is 6.61 Å². The summed E-state index contributed by atoms with van der Waals surface area (Å²) in [5.41, 5.74) is 0. The molecule has 0 aromatic rings. The van der Waals surface area contributed by atoms with Gasteiger partial charge in [-0.3, -0.25) is 9.59 Å². The molecule has 5 nitrogen and oxygen atoms in total. The predicted molar refractivity (Wildman–Crippen MR) is 252 cm³/mol. The maximum Gasteiger partial charge on any atom is 0.306 e. The molecule has 342 valence electrons. The topological polar surface area (TPSA) is 61.8 Å². The molecule has 0 rings (SSSR count). The van der Waals surface area contributed by atoms with Crippen molar-refractivity contribution in [1.29, 1.82) is 0 Å². The number of rotatable bonds is 48. The van der Waals surface area contributed by atoms with Crippen molar-refractivity contribution in [2.24, 2.45) is 0 Å². The van der Waals surface area contributed by atoms with Gasteiger partial charge in [0.15, 0.2) is 6.10 Å². The Hall–Kier alpha value is -1.62. The number of unbranched alkanes of at least 4 members (excludes halogenated alkanes) is 33. The quantitative estimate of drug-likeness (QED) is 0.0348. The number of carbonyl (C=O) groups is 2. The minimum absolute atomic E-state index is 0.0857. The Balaban J connectivity index is 4.20. The Labute approximate surface area is 362 Å². The molecule has 58 heavy (non-hydrogen) atoms. The molecule has 0 saturated heterocycles. The van der Waals surface area contributed by atoms with Crippen molar-refractivity contribution in [3.8, 4) is 0 Å². The van der Waals surface area contributed by atoms with Crippen molar-refractivity contribution in [3.63, 3.8) is 0 Å². The van der Waals surface area contributed by atoms with Gasteiger partial charge in [0, 0.05) is 19.4 Å². The Bertz CT molecular complexity index is 882. The first-order valence-electron chi connectivity index (χ1n) is 25.9. The summed E-state index contributed by atoms with van der Waals surface area (Å²) >= 11 is 0. The average Bonchev–Trinajstić information content (AvgIpc) is 3.22. The van der Waals surface area contributed by atoms with E-state index in [1.807, 2.05) is 0 Å². The van der Waals surface area contributed by atoms with E-state index < -0.39 is 6.10 Å². The fourth-order valence-electron chi connectivity index (χ4n) is 7.56. The number of allylic oxidation sites excluding steroid dienone is 4. The van der Waals surface area contributed by atoms with E-state index >= 15 is 0 Å². The third-order valence-electron chi connectivity index (χ3n) is 11.5. The van der Waals surface area contributed by atoms with Gasteiger partial charge in [-0.1, -0.05) is 218 Å². The lowest BCUT2D eigenvalue weighted by atomic mass is 10.1. The fourth-order valence-corrected chi connectivity index (χ4v) is 7.56. The molecule has 0 fully saturated rings. The molecule has 5 heteroatoms. The third kappa shape index (κ3) is 47.1. The minimum Gasteiger partial charge on any atom is -0.462 e. The average molecular weight is 817 g/mol. The molecule has 0 aromatic heterocycles. The highest BCUT2D eigenvalue weighted by Crippen LogP contribution is 2.15. The summed E-state index contributed by atoms with van der Waals surface area (Å²) in [5, 5.41) is 0. The molecule has 1 atom stereocenters. The largest absolute Gasteiger partial charge is 0.462 e. The van der Waals surface area contributed by atoms with Crippen LogP contribution in [-0.4, -0.2) is 37.9 Å². The molecular formula is C53H100O5. The minimum atomic E-state index is -0.534. The van der Waals surface area contributed by atoms with Crippen molar-refractivity contribution in [3.05, 3.63) is 24.3 Å². The Morgan fingerprint density at radius 3 is 1.05 bits per heavy atom. The van der Waals surface area contributed by atoms with Gasteiger partial charge in [0.05, 0.1) is 6.61 Å². The Morgan fingerprint density at radius 2 is 0.672 bits per heavy atom.